The predicted molar refractivity (Wildman–Crippen MR) is 73.4 cm³/mol. The minimum atomic E-state index is -4.13. The number of benzene rings is 1. The molecule has 0 amide bonds. The van der Waals surface area contributed by atoms with Crippen molar-refractivity contribution in [2.45, 2.75) is 51.4 Å². The predicted octanol–water partition coefficient (Wildman–Crippen LogP) is 4.13. The highest BCUT2D eigenvalue weighted by molar-refractivity contribution is 5.28. The molecule has 0 heterocycles. The van der Waals surface area contributed by atoms with Crippen LogP contribution in [0.4, 0.5) is 13.2 Å². The molecule has 1 aromatic carbocycles. The Balaban J connectivity index is 2.65. The SMILES string of the molecule is CCC(N)C(OCCCC(F)(F)F)c1ccccc1C. The van der Waals surface area contributed by atoms with Gasteiger partial charge < -0.3 is 10.5 Å². The average molecular weight is 289 g/mol. The Hall–Kier alpha value is -1.07. The van der Waals surface area contributed by atoms with Gasteiger partial charge in [-0.3, -0.25) is 0 Å². The lowest BCUT2D eigenvalue weighted by Crippen LogP contribution is -2.30. The van der Waals surface area contributed by atoms with Crippen LogP contribution in [0.15, 0.2) is 24.3 Å². The molecule has 2 N–H and O–H groups in total. The maximum absolute atomic E-state index is 12.1. The van der Waals surface area contributed by atoms with E-state index in [9.17, 15) is 13.2 Å². The first-order valence-electron chi connectivity index (χ1n) is 6.84. The molecule has 20 heavy (non-hydrogen) atoms. The van der Waals surface area contributed by atoms with Gasteiger partial charge in [0.05, 0.1) is 6.10 Å². The fourth-order valence-corrected chi connectivity index (χ4v) is 2.05. The summed E-state index contributed by atoms with van der Waals surface area (Å²) in [6.07, 6.45) is -4.64. The van der Waals surface area contributed by atoms with Crippen molar-refractivity contribution in [1.29, 1.82) is 0 Å². The minimum absolute atomic E-state index is 0.0394. The monoisotopic (exact) mass is 289 g/mol. The smallest absolute Gasteiger partial charge is 0.372 e. The van der Waals surface area contributed by atoms with E-state index < -0.39 is 12.6 Å². The van der Waals surface area contributed by atoms with Crippen LogP contribution in [0.2, 0.25) is 0 Å². The molecule has 2 nitrogen and oxygen atoms in total. The van der Waals surface area contributed by atoms with Crippen LogP contribution in [0, 0.1) is 6.92 Å². The van der Waals surface area contributed by atoms with Crippen LogP contribution < -0.4 is 5.73 Å². The molecule has 0 radical (unpaired) electrons. The number of aryl methyl sites for hydroxylation is 1. The molecule has 0 aliphatic rings. The second-order valence-corrected chi connectivity index (χ2v) is 4.94. The lowest BCUT2D eigenvalue weighted by Gasteiger charge is -2.25. The van der Waals surface area contributed by atoms with Crippen molar-refractivity contribution >= 4 is 0 Å². The van der Waals surface area contributed by atoms with E-state index >= 15 is 0 Å². The lowest BCUT2D eigenvalue weighted by molar-refractivity contribution is -0.139. The zero-order valence-corrected chi connectivity index (χ0v) is 11.9. The molecule has 2 unspecified atom stereocenters. The van der Waals surface area contributed by atoms with Crippen molar-refractivity contribution in [3.63, 3.8) is 0 Å². The highest BCUT2D eigenvalue weighted by Crippen LogP contribution is 2.26. The maximum atomic E-state index is 12.1. The molecule has 1 rings (SSSR count). The van der Waals surface area contributed by atoms with Gasteiger partial charge in [-0.1, -0.05) is 31.2 Å². The first-order valence-corrected chi connectivity index (χ1v) is 6.84. The van der Waals surface area contributed by atoms with Crippen LogP contribution in [-0.2, 0) is 4.74 Å². The number of hydrogen-bond acceptors (Lipinski definition) is 2. The van der Waals surface area contributed by atoms with Gasteiger partial charge in [0.25, 0.3) is 0 Å². The van der Waals surface area contributed by atoms with E-state index in [1.807, 2.05) is 38.1 Å². The summed E-state index contributed by atoms with van der Waals surface area (Å²) in [5.74, 6) is 0. The van der Waals surface area contributed by atoms with Crippen molar-refractivity contribution in [3.05, 3.63) is 35.4 Å². The minimum Gasteiger partial charge on any atom is -0.372 e. The van der Waals surface area contributed by atoms with Crippen LogP contribution in [0.3, 0.4) is 0 Å². The van der Waals surface area contributed by atoms with Crippen molar-refractivity contribution < 1.29 is 17.9 Å². The molecule has 0 fully saturated rings. The molecule has 0 aliphatic heterocycles. The molecule has 0 saturated heterocycles. The number of ether oxygens (including phenoxy) is 1. The van der Waals surface area contributed by atoms with Gasteiger partial charge in [-0.15, -0.1) is 0 Å². The Morgan fingerprint density at radius 3 is 2.45 bits per heavy atom. The average Bonchev–Trinajstić information content (AvgIpc) is 2.38. The Morgan fingerprint density at radius 1 is 1.25 bits per heavy atom. The Bertz CT molecular complexity index is 406. The van der Waals surface area contributed by atoms with E-state index in [1.165, 1.54) is 0 Å². The lowest BCUT2D eigenvalue weighted by atomic mass is 9.97. The summed E-state index contributed by atoms with van der Waals surface area (Å²) in [4.78, 5) is 0. The zero-order chi connectivity index (χ0) is 15.2. The van der Waals surface area contributed by atoms with Gasteiger partial charge in [0, 0.05) is 19.1 Å². The molecule has 2 atom stereocenters. The quantitative estimate of drug-likeness (QED) is 0.766. The van der Waals surface area contributed by atoms with Gasteiger partial charge in [0.1, 0.15) is 0 Å². The molecular formula is C15H22F3NO. The summed E-state index contributed by atoms with van der Waals surface area (Å²) >= 11 is 0. The number of nitrogens with two attached hydrogens (primary N) is 1. The first-order chi connectivity index (χ1) is 9.35. The van der Waals surface area contributed by atoms with Crippen molar-refractivity contribution in [3.8, 4) is 0 Å². The van der Waals surface area contributed by atoms with Crippen LogP contribution >= 0.6 is 0 Å². The zero-order valence-electron chi connectivity index (χ0n) is 11.9. The van der Waals surface area contributed by atoms with E-state index in [0.29, 0.717) is 6.42 Å². The highest BCUT2D eigenvalue weighted by atomic mass is 19.4. The van der Waals surface area contributed by atoms with E-state index in [2.05, 4.69) is 0 Å². The van der Waals surface area contributed by atoms with Gasteiger partial charge in [0.15, 0.2) is 0 Å². The molecule has 0 bridgehead atoms. The van der Waals surface area contributed by atoms with Gasteiger partial charge in [-0.2, -0.15) is 13.2 Å². The number of hydrogen-bond donors (Lipinski definition) is 1. The molecule has 1 aromatic rings. The summed E-state index contributed by atoms with van der Waals surface area (Å²) in [6, 6.07) is 7.44. The summed E-state index contributed by atoms with van der Waals surface area (Å²) in [7, 11) is 0. The van der Waals surface area contributed by atoms with Crippen molar-refractivity contribution in [2.24, 2.45) is 5.73 Å². The van der Waals surface area contributed by atoms with E-state index in [4.69, 9.17) is 10.5 Å². The molecule has 5 heteroatoms. The third-order valence-electron chi connectivity index (χ3n) is 3.26. The molecule has 0 aromatic heterocycles. The fourth-order valence-electron chi connectivity index (χ4n) is 2.05. The van der Waals surface area contributed by atoms with Crippen molar-refractivity contribution in [1.82, 2.24) is 0 Å². The standard InChI is InChI=1S/C15H22F3NO/c1-3-13(19)14(12-8-5-4-7-11(12)2)20-10-6-9-15(16,17)18/h4-5,7-8,13-14H,3,6,9-10,19H2,1-2H3. The van der Waals surface area contributed by atoms with Gasteiger partial charge >= 0.3 is 6.18 Å². The highest BCUT2D eigenvalue weighted by Gasteiger charge is 2.27. The third-order valence-corrected chi connectivity index (χ3v) is 3.26. The van der Waals surface area contributed by atoms with Gasteiger partial charge in [-0.25, -0.2) is 0 Å². The van der Waals surface area contributed by atoms with Crippen LogP contribution in [0.1, 0.15) is 43.4 Å². The van der Waals surface area contributed by atoms with Crippen molar-refractivity contribution in [2.75, 3.05) is 6.61 Å². The van der Waals surface area contributed by atoms with E-state index in [-0.39, 0.29) is 25.2 Å². The van der Waals surface area contributed by atoms with Crippen LogP contribution in [0.25, 0.3) is 0 Å². The van der Waals surface area contributed by atoms with Gasteiger partial charge in [-0.05, 0) is 30.9 Å². The summed E-state index contributed by atoms with van der Waals surface area (Å²) in [5, 5.41) is 0. The summed E-state index contributed by atoms with van der Waals surface area (Å²) in [6.45, 7) is 3.95. The van der Waals surface area contributed by atoms with Crippen LogP contribution in [0.5, 0.6) is 0 Å². The number of rotatable bonds is 7. The Labute approximate surface area is 118 Å². The second-order valence-electron chi connectivity index (χ2n) is 4.94. The molecule has 0 aliphatic carbocycles. The second kappa shape index (κ2) is 7.64. The maximum Gasteiger partial charge on any atom is 0.389 e. The first kappa shape index (κ1) is 17.0. The molecular weight excluding hydrogens is 267 g/mol. The van der Waals surface area contributed by atoms with E-state index in [1.54, 1.807) is 0 Å². The summed E-state index contributed by atoms with van der Waals surface area (Å²) < 4.78 is 42.0. The fraction of sp³-hybridized carbons (Fsp3) is 0.600. The third kappa shape index (κ3) is 5.51. The molecule has 114 valence electrons. The van der Waals surface area contributed by atoms with E-state index in [0.717, 1.165) is 11.1 Å². The number of halogens is 3. The summed E-state index contributed by atoms with van der Waals surface area (Å²) in [5.41, 5.74) is 8.03. The number of alkyl halides is 3. The van der Waals surface area contributed by atoms with Gasteiger partial charge in [0.2, 0.25) is 0 Å². The topological polar surface area (TPSA) is 35.2 Å². The molecule has 0 saturated carbocycles. The largest absolute Gasteiger partial charge is 0.389 e. The normalized spacial score (nSPS) is 15.1. The Kier molecular flexibility index (Phi) is 6.49. The Morgan fingerprint density at radius 2 is 1.90 bits per heavy atom. The molecule has 0 spiro atoms. The van der Waals surface area contributed by atoms with Crippen LogP contribution in [-0.4, -0.2) is 18.8 Å².